The van der Waals surface area contributed by atoms with Gasteiger partial charge in [0.2, 0.25) is 0 Å². The molecule has 0 atom stereocenters. The van der Waals surface area contributed by atoms with E-state index in [2.05, 4.69) is 32.0 Å². The molecule has 0 saturated heterocycles. The smallest absolute Gasteiger partial charge is 0.264 e. The molecule has 0 heterocycles. The van der Waals surface area contributed by atoms with Crippen LogP contribution in [0.4, 0.5) is 0 Å². The third-order valence-corrected chi connectivity index (χ3v) is 5.88. The van der Waals surface area contributed by atoms with E-state index in [1.165, 1.54) is 62.5 Å². The van der Waals surface area contributed by atoms with Crippen molar-refractivity contribution < 1.29 is 17.7 Å². The molecular weight excluding hydrogens is 372 g/mol. The lowest BCUT2D eigenvalue weighted by atomic mass is 9.98. The highest BCUT2D eigenvalue weighted by molar-refractivity contribution is 7.85. The first-order valence-electron chi connectivity index (χ1n) is 11.2. The summed E-state index contributed by atoms with van der Waals surface area (Å²) in [5.41, 5.74) is 2.46. The second-order valence-corrected chi connectivity index (χ2v) is 9.29. The molecule has 0 bridgehead atoms. The van der Waals surface area contributed by atoms with Crippen LogP contribution in [0, 0.1) is 0 Å². The lowest BCUT2D eigenvalue weighted by Gasteiger charge is -2.16. The van der Waals surface area contributed by atoms with E-state index in [1.54, 1.807) is 0 Å². The fourth-order valence-electron chi connectivity index (χ4n) is 3.47. The number of para-hydroxylation sites is 1. The first-order chi connectivity index (χ1) is 13.5. The molecule has 162 valence electrons. The van der Waals surface area contributed by atoms with Gasteiger partial charge in [-0.15, -0.1) is 0 Å². The molecule has 1 rings (SSSR count). The minimum Gasteiger partial charge on any atom is -0.493 e. The van der Waals surface area contributed by atoms with Gasteiger partial charge in [-0.05, 0) is 43.2 Å². The maximum absolute atomic E-state index is 10.9. The van der Waals surface area contributed by atoms with Gasteiger partial charge in [0.05, 0.1) is 12.4 Å². The fraction of sp³-hybridized carbons (Fsp3) is 0.739. The Bertz CT molecular complexity index is 593. The Morgan fingerprint density at radius 1 is 0.786 bits per heavy atom. The van der Waals surface area contributed by atoms with Gasteiger partial charge in [0.1, 0.15) is 5.75 Å². The van der Waals surface area contributed by atoms with Crippen LogP contribution < -0.4 is 4.74 Å². The van der Waals surface area contributed by atoms with Crippen LogP contribution in [0.25, 0.3) is 0 Å². The van der Waals surface area contributed by atoms with Crippen molar-refractivity contribution in [1.82, 2.24) is 0 Å². The first kappa shape index (κ1) is 25.0. The predicted molar refractivity (Wildman–Crippen MR) is 118 cm³/mol. The Hall–Kier alpha value is -1.07. The van der Waals surface area contributed by atoms with Crippen molar-refractivity contribution >= 4 is 10.1 Å². The highest BCUT2D eigenvalue weighted by atomic mass is 32.2. The molecule has 1 N–H and O–H groups in total. The summed E-state index contributed by atoms with van der Waals surface area (Å²) in [7, 11) is -3.92. The van der Waals surface area contributed by atoms with E-state index < -0.39 is 10.1 Å². The van der Waals surface area contributed by atoms with Gasteiger partial charge >= 0.3 is 0 Å². The molecule has 0 amide bonds. The van der Waals surface area contributed by atoms with Gasteiger partial charge < -0.3 is 4.74 Å². The van der Waals surface area contributed by atoms with Crippen LogP contribution >= 0.6 is 0 Å². The molecule has 0 fully saturated rings. The summed E-state index contributed by atoms with van der Waals surface area (Å²) in [6, 6.07) is 6.39. The molecule has 0 unspecified atom stereocenters. The zero-order valence-electron chi connectivity index (χ0n) is 17.9. The minimum atomic E-state index is -3.92. The second-order valence-electron chi connectivity index (χ2n) is 7.72. The Kier molecular flexibility index (Phi) is 13.3. The van der Waals surface area contributed by atoms with Crippen LogP contribution in [0.2, 0.25) is 0 Å². The zero-order valence-corrected chi connectivity index (χ0v) is 18.7. The topological polar surface area (TPSA) is 63.6 Å². The van der Waals surface area contributed by atoms with Crippen LogP contribution in [0.5, 0.6) is 5.75 Å². The van der Waals surface area contributed by atoms with E-state index in [0.717, 1.165) is 31.4 Å². The van der Waals surface area contributed by atoms with Crippen LogP contribution in [-0.4, -0.2) is 25.3 Å². The normalized spacial score (nSPS) is 11.7. The summed E-state index contributed by atoms with van der Waals surface area (Å²) < 4.78 is 36.8. The van der Waals surface area contributed by atoms with Gasteiger partial charge in [0.25, 0.3) is 10.1 Å². The van der Waals surface area contributed by atoms with Gasteiger partial charge in [-0.3, -0.25) is 4.55 Å². The number of aryl methyl sites for hydroxylation is 2. The molecule has 1 aromatic carbocycles. The lowest BCUT2D eigenvalue weighted by Crippen LogP contribution is -2.10. The summed E-state index contributed by atoms with van der Waals surface area (Å²) in [5.74, 6) is 0.697. The van der Waals surface area contributed by atoms with Gasteiger partial charge in [0.15, 0.2) is 0 Å². The highest BCUT2D eigenvalue weighted by Gasteiger charge is 2.11. The van der Waals surface area contributed by atoms with Gasteiger partial charge in [-0.25, -0.2) is 0 Å². The molecule has 0 aliphatic heterocycles. The Morgan fingerprint density at radius 3 is 1.75 bits per heavy atom. The zero-order chi connectivity index (χ0) is 20.7. The van der Waals surface area contributed by atoms with Crippen LogP contribution in [0.1, 0.15) is 95.6 Å². The molecule has 1 aromatic rings. The summed E-state index contributed by atoms with van der Waals surface area (Å²) >= 11 is 0. The maximum Gasteiger partial charge on any atom is 0.264 e. The van der Waals surface area contributed by atoms with Gasteiger partial charge in [-0.2, -0.15) is 8.42 Å². The number of hydrogen-bond acceptors (Lipinski definition) is 3. The van der Waals surface area contributed by atoms with Crippen molar-refractivity contribution in [2.75, 3.05) is 12.4 Å². The lowest BCUT2D eigenvalue weighted by molar-refractivity contribution is 0.309. The summed E-state index contributed by atoms with van der Waals surface area (Å²) in [6.45, 7) is 4.76. The fourth-order valence-corrected chi connectivity index (χ4v) is 3.95. The summed E-state index contributed by atoms with van der Waals surface area (Å²) in [5, 5.41) is 0. The highest BCUT2D eigenvalue weighted by Crippen LogP contribution is 2.28. The average Bonchev–Trinajstić information content (AvgIpc) is 2.65. The van der Waals surface area contributed by atoms with E-state index >= 15 is 0 Å². The molecule has 4 nitrogen and oxygen atoms in total. The van der Waals surface area contributed by atoms with Crippen LogP contribution in [0.15, 0.2) is 18.2 Å². The number of hydrogen-bond donors (Lipinski definition) is 1. The van der Waals surface area contributed by atoms with Crippen molar-refractivity contribution in [3.8, 4) is 5.75 Å². The van der Waals surface area contributed by atoms with E-state index in [4.69, 9.17) is 9.29 Å². The molecule has 28 heavy (non-hydrogen) atoms. The van der Waals surface area contributed by atoms with Gasteiger partial charge in [-0.1, -0.05) is 83.4 Å². The Morgan fingerprint density at radius 2 is 1.29 bits per heavy atom. The molecule has 0 saturated carbocycles. The van der Waals surface area contributed by atoms with Crippen LogP contribution in [-0.2, 0) is 23.0 Å². The van der Waals surface area contributed by atoms with Crippen molar-refractivity contribution in [3.05, 3.63) is 29.3 Å². The van der Waals surface area contributed by atoms with Gasteiger partial charge in [0, 0.05) is 0 Å². The number of unbranched alkanes of at least 4 members (excludes halogenated alkanes) is 8. The number of benzene rings is 1. The summed E-state index contributed by atoms with van der Waals surface area (Å²) in [6.07, 6.45) is 14.7. The van der Waals surface area contributed by atoms with Crippen molar-refractivity contribution in [3.63, 3.8) is 0 Å². The Balaban J connectivity index is 2.68. The van der Waals surface area contributed by atoms with Crippen LogP contribution in [0.3, 0.4) is 0 Å². The van der Waals surface area contributed by atoms with Crippen molar-refractivity contribution in [2.24, 2.45) is 0 Å². The first-order valence-corrected chi connectivity index (χ1v) is 12.8. The largest absolute Gasteiger partial charge is 0.493 e. The monoisotopic (exact) mass is 412 g/mol. The van der Waals surface area contributed by atoms with E-state index in [-0.39, 0.29) is 5.75 Å². The summed E-state index contributed by atoms with van der Waals surface area (Å²) in [4.78, 5) is 0. The number of ether oxygens (including phenoxy) is 1. The predicted octanol–water partition coefficient (Wildman–Crippen LogP) is 6.37. The quantitative estimate of drug-likeness (QED) is 0.238. The van der Waals surface area contributed by atoms with Crippen molar-refractivity contribution in [2.45, 2.75) is 97.3 Å². The minimum absolute atomic E-state index is 0.251. The molecule has 0 aromatic heterocycles. The standard InChI is InChI=1S/C23H40O4S/c1-3-5-7-9-11-15-21-17-13-18-22(16-12-10-8-6-4-2)23(21)27-19-14-20-28(24,25)26/h13,17-18H,3-12,14-16,19-20H2,1-2H3,(H,24,25,26). The third kappa shape index (κ3) is 11.7. The van der Waals surface area contributed by atoms with E-state index in [1.807, 2.05) is 0 Å². The average molecular weight is 413 g/mol. The molecule has 5 heteroatoms. The van der Waals surface area contributed by atoms with E-state index in [9.17, 15) is 8.42 Å². The SMILES string of the molecule is CCCCCCCc1cccc(CCCCCCC)c1OCCCS(=O)(=O)O. The molecule has 0 radical (unpaired) electrons. The maximum atomic E-state index is 10.9. The van der Waals surface area contributed by atoms with Crippen molar-refractivity contribution in [1.29, 1.82) is 0 Å². The molecular formula is C23H40O4S. The second kappa shape index (κ2) is 14.9. The molecule has 0 aliphatic carbocycles. The third-order valence-electron chi connectivity index (χ3n) is 5.07. The Labute approximate surface area is 172 Å². The van der Waals surface area contributed by atoms with E-state index in [0.29, 0.717) is 13.0 Å². The number of rotatable bonds is 17. The molecule has 0 spiro atoms. The molecule has 0 aliphatic rings.